The predicted octanol–water partition coefficient (Wildman–Crippen LogP) is 4.15. The largest absolute Gasteiger partial charge is 0.416 e. The number of anilines is 2. The Morgan fingerprint density at radius 2 is 1.86 bits per heavy atom. The van der Waals surface area contributed by atoms with E-state index in [-0.39, 0.29) is 18.8 Å². The predicted molar refractivity (Wildman–Crippen MR) is 72.9 cm³/mol. The van der Waals surface area contributed by atoms with Crippen molar-refractivity contribution in [3.05, 3.63) is 54.2 Å². The molecule has 0 aliphatic heterocycles. The Balaban J connectivity index is 2.40. The zero-order chi connectivity index (χ0) is 15.3. The molecule has 6 heteroatoms. The quantitative estimate of drug-likeness (QED) is 0.849. The number of halogens is 3. The molecule has 3 nitrogen and oxygen atoms in total. The van der Waals surface area contributed by atoms with Gasteiger partial charge >= 0.3 is 6.18 Å². The van der Waals surface area contributed by atoms with Crippen LogP contribution in [0.25, 0.3) is 0 Å². The second-order valence-electron chi connectivity index (χ2n) is 4.30. The van der Waals surface area contributed by atoms with Crippen LogP contribution in [0, 0.1) is 11.3 Å². The smallest absolute Gasteiger partial charge is 0.325 e. The molecule has 0 N–H and O–H groups in total. The summed E-state index contributed by atoms with van der Waals surface area (Å²) in [5.41, 5.74) is -0.0648. The van der Waals surface area contributed by atoms with E-state index in [9.17, 15) is 13.2 Å². The summed E-state index contributed by atoms with van der Waals surface area (Å²) >= 11 is 0. The first-order chi connectivity index (χ1) is 10.0. The first kappa shape index (κ1) is 14.9. The average Bonchev–Trinajstić information content (AvgIpc) is 2.48. The number of alkyl halides is 3. The van der Waals surface area contributed by atoms with Gasteiger partial charge in [-0.15, -0.1) is 0 Å². The van der Waals surface area contributed by atoms with Crippen LogP contribution < -0.4 is 4.90 Å². The van der Waals surface area contributed by atoms with Gasteiger partial charge in [-0.3, -0.25) is 0 Å². The number of nitrogens with zero attached hydrogens (tertiary/aromatic N) is 3. The van der Waals surface area contributed by atoms with E-state index in [0.29, 0.717) is 5.69 Å². The van der Waals surface area contributed by atoms with Crippen molar-refractivity contribution in [3.8, 4) is 6.07 Å². The summed E-state index contributed by atoms with van der Waals surface area (Å²) in [4.78, 5) is 5.59. The van der Waals surface area contributed by atoms with Crippen LogP contribution in [-0.2, 0) is 6.18 Å². The lowest BCUT2D eigenvalue weighted by atomic mass is 10.2. The minimum atomic E-state index is -4.42. The maximum Gasteiger partial charge on any atom is 0.416 e. The topological polar surface area (TPSA) is 39.9 Å². The van der Waals surface area contributed by atoms with Crippen molar-refractivity contribution in [2.75, 3.05) is 11.4 Å². The van der Waals surface area contributed by atoms with Crippen LogP contribution >= 0.6 is 0 Å². The summed E-state index contributed by atoms with van der Waals surface area (Å²) in [5.74, 6) is 0.172. The molecule has 1 aromatic heterocycles. The van der Waals surface area contributed by atoms with Crippen LogP contribution in [-0.4, -0.2) is 11.5 Å². The molecule has 108 valence electrons. The van der Waals surface area contributed by atoms with E-state index in [1.165, 1.54) is 0 Å². The van der Waals surface area contributed by atoms with E-state index in [4.69, 9.17) is 5.26 Å². The Morgan fingerprint density at radius 3 is 2.48 bits per heavy atom. The molecule has 21 heavy (non-hydrogen) atoms. The van der Waals surface area contributed by atoms with E-state index in [0.717, 1.165) is 18.3 Å². The molecule has 0 aliphatic carbocycles. The SMILES string of the molecule is N#CCCN(c1ccccc1)c1cc(C(F)(F)F)ccn1. The molecule has 0 atom stereocenters. The lowest BCUT2D eigenvalue weighted by Gasteiger charge is -2.23. The van der Waals surface area contributed by atoms with Crippen LogP contribution in [0.15, 0.2) is 48.7 Å². The molecule has 0 aliphatic rings. The molecule has 0 unspecified atom stereocenters. The fraction of sp³-hybridized carbons (Fsp3) is 0.200. The number of pyridine rings is 1. The summed E-state index contributed by atoms with van der Waals surface area (Å²) in [6.07, 6.45) is -3.11. The highest BCUT2D eigenvalue weighted by molar-refractivity contribution is 5.60. The molecule has 0 bridgehead atoms. The van der Waals surface area contributed by atoms with Gasteiger partial charge in [-0.1, -0.05) is 18.2 Å². The number of benzene rings is 1. The minimum Gasteiger partial charge on any atom is -0.325 e. The Kier molecular flexibility index (Phi) is 4.43. The molecular formula is C15H12F3N3. The molecule has 2 aromatic rings. The van der Waals surface area contributed by atoms with Gasteiger partial charge in [0.05, 0.1) is 18.1 Å². The van der Waals surface area contributed by atoms with Crippen molar-refractivity contribution in [2.45, 2.75) is 12.6 Å². The average molecular weight is 291 g/mol. The van der Waals surface area contributed by atoms with Crippen LogP contribution in [0.1, 0.15) is 12.0 Å². The number of rotatable bonds is 4. The molecular weight excluding hydrogens is 279 g/mol. The number of hydrogen-bond acceptors (Lipinski definition) is 3. The van der Waals surface area contributed by atoms with Gasteiger partial charge in [-0.25, -0.2) is 4.98 Å². The molecule has 0 spiro atoms. The van der Waals surface area contributed by atoms with E-state index in [1.54, 1.807) is 29.2 Å². The summed E-state index contributed by atoms with van der Waals surface area (Å²) in [6.45, 7) is 0.273. The maximum absolute atomic E-state index is 12.8. The molecule has 0 radical (unpaired) electrons. The minimum absolute atomic E-state index is 0.172. The highest BCUT2D eigenvalue weighted by atomic mass is 19.4. The van der Waals surface area contributed by atoms with Gasteiger partial charge in [0.25, 0.3) is 0 Å². The summed E-state index contributed by atoms with van der Waals surface area (Å²) in [5, 5.41) is 8.72. The van der Waals surface area contributed by atoms with Crippen molar-refractivity contribution in [1.29, 1.82) is 5.26 Å². The molecule has 1 heterocycles. The normalized spacial score (nSPS) is 11.0. The van der Waals surface area contributed by atoms with Gasteiger partial charge in [0, 0.05) is 18.4 Å². The summed E-state index contributed by atoms with van der Waals surface area (Å²) in [6, 6.07) is 12.8. The fourth-order valence-electron chi connectivity index (χ4n) is 1.89. The third kappa shape index (κ3) is 3.72. The highest BCUT2D eigenvalue weighted by Crippen LogP contribution is 2.32. The second kappa shape index (κ2) is 6.27. The Hall–Kier alpha value is -2.55. The van der Waals surface area contributed by atoms with Gasteiger partial charge in [0.1, 0.15) is 5.82 Å². The van der Waals surface area contributed by atoms with Crippen molar-refractivity contribution < 1.29 is 13.2 Å². The lowest BCUT2D eigenvalue weighted by molar-refractivity contribution is -0.137. The number of nitriles is 1. The van der Waals surface area contributed by atoms with Crippen molar-refractivity contribution >= 4 is 11.5 Å². The molecule has 0 fully saturated rings. The van der Waals surface area contributed by atoms with Crippen LogP contribution in [0.2, 0.25) is 0 Å². The van der Waals surface area contributed by atoms with Crippen LogP contribution in [0.3, 0.4) is 0 Å². The first-order valence-corrected chi connectivity index (χ1v) is 6.25. The summed E-state index contributed by atoms with van der Waals surface area (Å²) in [7, 11) is 0. The van der Waals surface area contributed by atoms with E-state index >= 15 is 0 Å². The van der Waals surface area contributed by atoms with E-state index in [1.807, 2.05) is 12.1 Å². The Morgan fingerprint density at radius 1 is 1.14 bits per heavy atom. The van der Waals surface area contributed by atoms with Gasteiger partial charge in [0.15, 0.2) is 0 Å². The zero-order valence-corrected chi connectivity index (χ0v) is 11.0. The maximum atomic E-state index is 12.8. The molecule has 0 amide bonds. The van der Waals surface area contributed by atoms with Gasteiger partial charge < -0.3 is 4.90 Å². The second-order valence-corrected chi connectivity index (χ2v) is 4.30. The first-order valence-electron chi connectivity index (χ1n) is 6.25. The molecule has 2 rings (SSSR count). The number of aromatic nitrogens is 1. The standard InChI is InChI=1S/C15H12F3N3/c16-15(17,18)12-7-9-20-14(11-12)21(10-4-8-19)13-5-2-1-3-6-13/h1-3,5-7,9,11H,4,10H2. The Labute approximate surface area is 120 Å². The molecule has 0 saturated heterocycles. The zero-order valence-electron chi connectivity index (χ0n) is 11.0. The monoisotopic (exact) mass is 291 g/mol. The van der Waals surface area contributed by atoms with Gasteiger partial charge in [-0.05, 0) is 24.3 Å². The van der Waals surface area contributed by atoms with E-state index in [2.05, 4.69) is 4.98 Å². The third-order valence-corrected chi connectivity index (χ3v) is 2.86. The third-order valence-electron chi connectivity index (χ3n) is 2.86. The van der Waals surface area contributed by atoms with Crippen LogP contribution in [0.5, 0.6) is 0 Å². The Bertz CT molecular complexity index is 633. The highest BCUT2D eigenvalue weighted by Gasteiger charge is 2.31. The molecule has 0 saturated carbocycles. The van der Waals surface area contributed by atoms with Crippen molar-refractivity contribution in [1.82, 2.24) is 4.98 Å². The number of hydrogen-bond donors (Lipinski definition) is 0. The molecule has 1 aromatic carbocycles. The van der Waals surface area contributed by atoms with Crippen molar-refractivity contribution in [3.63, 3.8) is 0 Å². The van der Waals surface area contributed by atoms with E-state index < -0.39 is 11.7 Å². The van der Waals surface area contributed by atoms with Gasteiger partial charge in [-0.2, -0.15) is 18.4 Å². The van der Waals surface area contributed by atoms with Crippen LogP contribution in [0.4, 0.5) is 24.7 Å². The van der Waals surface area contributed by atoms with Gasteiger partial charge in [0.2, 0.25) is 0 Å². The van der Waals surface area contributed by atoms with Crippen molar-refractivity contribution in [2.24, 2.45) is 0 Å². The number of para-hydroxylation sites is 1. The fourth-order valence-corrected chi connectivity index (χ4v) is 1.89. The lowest BCUT2D eigenvalue weighted by Crippen LogP contribution is -2.20. The summed E-state index contributed by atoms with van der Waals surface area (Å²) < 4.78 is 38.4.